The number of carbonyl (C=O) groups is 1. The highest BCUT2D eigenvalue weighted by Gasteiger charge is 2.25. The SMILES string of the molecule is Cc1ccc2nc(-c3ccco3)nc(N3CCN(C(=O)c4cccc(F)c4)CC3)c2c1. The lowest BCUT2D eigenvalue weighted by Gasteiger charge is -2.36. The number of aryl methyl sites for hydroxylation is 1. The van der Waals surface area contributed by atoms with Crippen molar-refractivity contribution >= 4 is 22.6 Å². The van der Waals surface area contributed by atoms with Crippen molar-refractivity contribution in [3.05, 3.63) is 77.8 Å². The molecule has 6 nitrogen and oxygen atoms in total. The van der Waals surface area contributed by atoms with Crippen molar-refractivity contribution in [3.63, 3.8) is 0 Å². The van der Waals surface area contributed by atoms with Gasteiger partial charge in [-0.15, -0.1) is 0 Å². The number of hydrogen-bond donors (Lipinski definition) is 0. The fourth-order valence-electron chi connectivity index (χ4n) is 3.91. The summed E-state index contributed by atoms with van der Waals surface area (Å²) in [6.45, 7) is 4.35. The van der Waals surface area contributed by atoms with Crippen LogP contribution in [0.25, 0.3) is 22.5 Å². The molecule has 0 unspecified atom stereocenters. The first kappa shape index (κ1) is 19.2. The summed E-state index contributed by atoms with van der Waals surface area (Å²) in [6.07, 6.45) is 1.61. The Labute approximate surface area is 178 Å². The highest BCUT2D eigenvalue weighted by molar-refractivity contribution is 5.95. The number of aromatic nitrogens is 2. The Morgan fingerprint density at radius 3 is 2.58 bits per heavy atom. The number of fused-ring (bicyclic) bond motifs is 1. The molecule has 1 fully saturated rings. The molecule has 1 aliphatic rings. The van der Waals surface area contributed by atoms with Crippen LogP contribution in [0.1, 0.15) is 15.9 Å². The first-order valence-electron chi connectivity index (χ1n) is 10.2. The first-order chi connectivity index (χ1) is 15.1. The summed E-state index contributed by atoms with van der Waals surface area (Å²) < 4.78 is 19.0. The third-order valence-electron chi connectivity index (χ3n) is 5.51. The highest BCUT2D eigenvalue weighted by atomic mass is 19.1. The van der Waals surface area contributed by atoms with Crippen LogP contribution in [0.15, 0.2) is 65.3 Å². The number of nitrogens with zero attached hydrogens (tertiary/aromatic N) is 4. The Bertz CT molecular complexity index is 1250. The minimum atomic E-state index is -0.405. The van der Waals surface area contributed by atoms with Crippen LogP contribution in [0.2, 0.25) is 0 Å². The van der Waals surface area contributed by atoms with Crippen molar-refractivity contribution in [1.82, 2.24) is 14.9 Å². The molecule has 7 heteroatoms. The second-order valence-corrected chi connectivity index (χ2v) is 7.66. The Hall–Kier alpha value is -3.74. The molecule has 0 radical (unpaired) electrons. The Morgan fingerprint density at radius 1 is 1.00 bits per heavy atom. The first-order valence-corrected chi connectivity index (χ1v) is 10.2. The third-order valence-corrected chi connectivity index (χ3v) is 5.51. The van der Waals surface area contributed by atoms with E-state index >= 15 is 0 Å². The minimum absolute atomic E-state index is 0.154. The van der Waals surface area contributed by atoms with Crippen molar-refractivity contribution in [2.24, 2.45) is 0 Å². The van der Waals surface area contributed by atoms with E-state index in [2.05, 4.69) is 16.0 Å². The number of halogens is 1. The van der Waals surface area contributed by atoms with Crippen molar-refractivity contribution in [1.29, 1.82) is 0 Å². The van der Waals surface area contributed by atoms with Gasteiger partial charge in [-0.2, -0.15) is 0 Å². The number of anilines is 1. The van der Waals surface area contributed by atoms with E-state index in [1.54, 1.807) is 23.3 Å². The monoisotopic (exact) mass is 416 g/mol. The summed E-state index contributed by atoms with van der Waals surface area (Å²) in [4.78, 5) is 26.2. The number of rotatable bonds is 3. The maximum atomic E-state index is 13.5. The van der Waals surface area contributed by atoms with Gasteiger partial charge in [-0.1, -0.05) is 17.7 Å². The second-order valence-electron chi connectivity index (χ2n) is 7.66. The molecule has 31 heavy (non-hydrogen) atoms. The number of benzene rings is 2. The zero-order valence-electron chi connectivity index (χ0n) is 17.1. The van der Waals surface area contributed by atoms with Gasteiger partial charge in [0, 0.05) is 37.1 Å². The Kier molecular flexibility index (Phi) is 4.86. The van der Waals surface area contributed by atoms with E-state index in [1.165, 1.54) is 12.1 Å². The highest BCUT2D eigenvalue weighted by Crippen LogP contribution is 2.29. The average Bonchev–Trinajstić information content (AvgIpc) is 3.33. The molecule has 2 aromatic heterocycles. The van der Waals surface area contributed by atoms with Crippen LogP contribution in [-0.4, -0.2) is 47.0 Å². The summed E-state index contributed by atoms with van der Waals surface area (Å²) in [5, 5.41) is 0.972. The van der Waals surface area contributed by atoms with Crippen LogP contribution in [0.4, 0.5) is 10.2 Å². The standard InChI is InChI=1S/C24H21FN4O2/c1-16-7-8-20-19(14-16)23(27-22(26-20)21-6-3-13-31-21)28-9-11-29(12-10-28)24(30)17-4-2-5-18(25)15-17/h2-8,13-15H,9-12H2,1H3. The smallest absolute Gasteiger partial charge is 0.254 e. The molecule has 3 heterocycles. The molecule has 2 aromatic carbocycles. The summed E-state index contributed by atoms with van der Waals surface area (Å²) in [6, 6.07) is 15.6. The van der Waals surface area contributed by atoms with E-state index in [9.17, 15) is 9.18 Å². The van der Waals surface area contributed by atoms with Gasteiger partial charge >= 0.3 is 0 Å². The van der Waals surface area contributed by atoms with Gasteiger partial charge in [0.05, 0.1) is 11.8 Å². The zero-order chi connectivity index (χ0) is 21.4. The number of hydrogen-bond acceptors (Lipinski definition) is 5. The molecule has 0 bridgehead atoms. The van der Waals surface area contributed by atoms with Gasteiger partial charge in [-0.25, -0.2) is 14.4 Å². The Balaban J connectivity index is 1.44. The van der Waals surface area contributed by atoms with Gasteiger partial charge in [-0.3, -0.25) is 4.79 Å². The summed E-state index contributed by atoms with van der Waals surface area (Å²) in [7, 11) is 0. The molecule has 1 aliphatic heterocycles. The summed E-state index contributed by atoms with van der Waals surface area (Å²) in [5.41, 5.74) is 2.35. The minimum Gasteiger partial charge on any atom is -0.461 e. The topological polar surface area (TPSA) is 62.5 Å². The lowest BCUT2D eigenvalue weighted by molar-refractivity contribution is 0.0746. The molecule has 5 rings (SSSR count). The molecule has 156 valence electrons. The second kappa shape index (κ2) is 7.83. The molecule has 0 spiro atoms. The third kappa shape index (κ3) is 3.74. The number of carbonyl (C=O) groups excluding carboxylic acids is 1. The van der Waals surface area contributed by atoms with E-state index in [4.69, 9.17) is 9.40 Å². The summed E-state index contributed by atoms with van der Waals surface area (Å²) >= 11 is 0. The summed E-state index contributed by atoms with van der Waals surface area (Å²) in [5.74, 6) is 1.42. The van der Waals surface area contributed by atoms with Crippen molar-refractivity contribution in [2.75, 3.05) is 31.1 Å². The largest absolute Gasteiger partial charge is 0.461 e. The van der Waals surface area contributed by atoms with Crippen molar-refractivity contribution < 1.29 is 13.6 Å². The molecule has 1 saturated heterocycles. The van der Waals surface area contributed by atoms with Crippen LogP contribution in [-0.2, 0) is 0 Å². The molecule has 0 aliphatic carbocycles. The normalized spacial score (nSPS) is 14.3. The quantitative estimate of drug-likeness (QED) is 0.498. The Morgan fingerprint density at radius 2 is 1.84 bits per heavy atom. The fraction of sp³-hybridized carbons (Fsp3) is 0.208. The molecule has 0 N–H and O–H groups in total. The predicted molar refractivity (Wildman–Crippen MR) is 116 cm³/mol. The lowest BCUT2D eigenvalue weighted by Crippen LogP contribution is -2.49. The average molecular weight is 416 g/mol. The molecular formula is C24H21FN4O2. The van der Waals surface area contributed by atoms with Gasteiger partial charge < -0.3 is 14.2 Å². The molecular weight excluding hydrogens is 395 g/mol. The maximum absolute atomic E-state index is 13.5. The number of piperazine rings is 1. The maximum Gasteiger partial charge on any atom is 0.254 e. The van der Waals surface area contributed by atoms with E-state index in [0.717, 1.165) is 22.3 Å². The number of amides is 1. The van der Waals surface area contributed by atoms with E-state index in [0.29, 0.717) is 43.3 Å². The zero-order valence-corrected chi connectivity index (χ0v) is 17.1. The number of furan rings is 1. The van der Waals surface area contributed by atoms with Crippen molar-refractivity contribution in [3.8, 4) is 11.6 Å². The predicted octanol–water partition coefficient (Wildman–Crippen LogP) is 4.30. The molecule has 1 amide bonds. The van der Waals surface area contributed by atoms with Gasteiger partial charge in [-0.05, 0) is 49.4 Å². The molecule has 0 saturated carbocycles. The van der Waals surface area contributed by atoms with Crippen LogP contribution < -0.4 is 4.90 Å². The van der Waals surface area contributed by atoms with E-state index < -0.39 is 5.82 Å². The molecule has 4 aromatic rings. The van der Waals surface area contributed by atoms with Crippen LogP contribution >= 0.6 is 0 Å². The van der Waals surface area contributed by atoms with Gasteiger partial charge in [0.15, 0.2) is 11.6 Å². The van der Waals surface area contributed by atoms with E-state index in [1.807, 2.05) is 31.2 Å². The van der Waals surface area contributed by atoms with Crippen LogP contribution in [0, 0.1) is 12.7 Å². The lowest BCUT2D eigenvalue weighted by atomic mass is 10.1. The van der Waals surface area contributed by atoms with Gasteiger partial charge in [0.25, 0.3) is 5.91 Å². The van der Waals surface area contributed by atoms with Gasteiger partial charge in [0.2, 0.25) is 0 Å². The van der Waals surface area contributed by atoms with Crippen molar-refractivity contribution in [2.45, 2.75) is 6.92 Å². The van der Waals surface area contributed by atoms with Crippen LogP contribution in [0.5, 0.6) is 0 Å². The molecule has 0 atom stereocenters. The fourth-order valence-corrected chi connectivity index (χ4v) is 3.91. The van der Waals surface area contributed by atoms with Gasteiger partial charge in [0.1, 0.15) is 11.6 Å². The van der Waals surface area contributed by atoms with E-state index in [-0.39, 0.29) is 5.91 Å². The van der Waals surface area contributed by atoms with Crippen LogP contribution in [0.3, 0.4) is 0 Å².